The topological polar surface area (TPSA) is 21.3 Å². The van der Waals surface area contributed by atoms with Crippen LogP contribution < -0.4 is 5.32 Å². The zero-order valence-corrected chi connectivity index (χ0v) is 12.6. The van der Waals surface area contributed by atoms with Gasteiger partial charge < -0.3 is 10.1 Å². The molecule has 1 N–H and O–H groups in total. The quantitative estimate of drug-likeness (QED) is 0.928. The lowest BCUT2D eigenvalue weighted by Gasteiger charge is -2.43. The van der Waals surface area contributed by atoms with Gasteiger partial charge in [-0.05, 0) is 23.3 Å². The summed E-state index contributed by atoms with van der Waals surface area (Å²) < 4.78 is 6.17. The van der Waals surface area contributed by atoms with E-state index in [0.29, 0.717) is 6.61 Å². The second-order valence-electron chi connectivity index (χ2n) is 4.88. The van der Waals surface area contributed by atoms with E-state index in [1.165, 1.54) is 11.1 Å². The number of halogens is 2. The average Bonchev–Trinajstić information content (AvgIpc) is 2.41. The van der Waals surface area contributed by atoms with Crippen molar-refractivity contribution >= 4 is 24.0 Å². The Morgan fingerprint density at radius 3 is 2.20 bits per heavy atom. The van der Waals surface area contributed by atoms with Crippen LogP contribution in [0, 0.1) is 0 Å². The van der Waals surface area contributed by atoms with Gasteiger partial charge in [-0.25, -0.2) is 0 Å². The van der Waals surface area contributed by atoms with Crippen molar-refractivity contribution in [1.82, 2.24) is 5.32 Å². The fourth-order valence-corrected chi connectivity index (χ4v) is 2.42. The molecule has 4 heteroatoms. The van der Waals surface area contributed by atoms with E-state index in [-0.39, 0.29) is 18.0 Å². The zero-order chi connectivity index (χ0) is 13.1. The highest BCUT2D eigenvalue weighted by molar-refractivity contribution is 6.30. The van der Waals surface area contributed by atoms with Crippen molar-refractivity contribution in [2.75, 3.05) is 13.1 Å². The third kappa shape index (κ3) is 3.15. The van der Waals surface area contributed by atoms with E-state index in [1.807, 2.05) is 42.5 Å². The maximum absolute atomic E-state index is 6.17. The van der Waals surface area contributed by atoms with E-state index < -0.39 is 0 Å². The van der Waals surface area contributed by atoms with Gasteiger partial charge in [0, 0.05) is 18.1 Å². The molecule has 1 fully saturated rings. The highest BCUT2D eigenvalue weighted by Crippen LogP contribution is 2.31. The van der Waals surface area contributed by atoms with Crippen molar-refractivity contribution in [1.29, 1.82) is 0 Å². The van der Waals surface area contributed by atoms with E-state index in [0.717, 1.165) is 18.1 Å². The minimum atomic E-state index is -0.208. The lowest BCUT2D eigenvalue weighted by molar-refractivity contribution is -0.0969. The molecule has 2 nitrogen and oxygen atoms in total. The molecule has 0 aliphatic carbocycles. The fraction of sp³-hybridized carbons (Fsp3) is 0.250. The molecule has 1 aliphatic heterocycles. The first-order chi connectivity index (χ1) is 9.28. The predicted molar refractivity (Wildman–Crippen MR) is 84.5 cm³/mol. The van der Waals surface area contributed by atoms with Crippen LogP contribution in [0.4, 0.5) is 0 Å². The first-order valence-electron chi connectivity index (χ1n) is 6.43. The number of hydrogen-bond donors (Lipinski definition) is 1. The second-order valence-corrected chi connectivity index (χ2v) is 5.32. The summed E-state index contributed by atoms with van der Waals surface area (Å²) in [5.74, 6) is 0. The molecule has 106 valence electrons. The van der Waals surface area contributed by atoms with E-state index in [1.54, 1.807) is 0 Å². The van der Waals surface area contributed by atoms with Gasteiger partial charge in [-0.3, -0.25) is 0 Å². The summed E-state index contributed by atoms with van der Waals surface area (Å²) >= 11 is 5.94. The smallest absolute Gasteiger partial charge is 0.118 e. The summed E-state index contributed by atoms with van der Waals surface area (Å²) in [6, 6.07) is 18.2. The molecule has 1 heterocycles. The monoisotopic (exact) mass is 309 g/mol. The van der Waals surface area contributed by atoms with Gasteiger partial charge in [0.05, 0.1) is 6.61 Å². The maximum atomic E-state index is 6.17. The molecule has 0 spiro atoms. The van der Waals surface area contributed by atoms with Crippen LogP contribution in [-0.2, 0) is 16.9 Å². The number of hydrogen-bond acceptors (Lipinski definition) is 2. The van der Waals surface area contributed by atoms with Gasteiger partial charge in [-0.2, -0.15) is 0 Å². The molecule has 3 rings (SSSR count). The van der Waals surface area contributed by atoms with Gasteiger partial charge in [0.1, 0.15) is 5.60 Å². The predicted octanol–water partition coefficient (Wildman–Crippen LogP) is 3.78. The molecule has 1 saturated heterocycles. The summed E-state index contributed by atoms with van der Waals surface area (Å²) in [4.78, 5) is 0. The minimum absolute atomic E-state index is 0. The van der Waals surface area contributed by atoms with Gasteiger partial charge in [0.25, 0.3) is 0 Å². The van der Waals surface area contributed by atoms with Gasteiger partial charge in [-0.15, -0.1) is 12.4 Å². The van der Waals surface area contributed by atoms with Crippen LogP contribution in [0.15, 0.2) is 54.6 Å². The van der Waals surface area contributed by atoms with Crippen LogP contribution in [0.25, 0.3) is 0 Å². The molecule has 0 amide bonds. The molecule has 1 aliphatic rings. The Kier molecular flexibility index (Phi) is 5.06. The van der Waals surface area contributed by atoms with Crippen LogP contribution in [0.5, 0.6) is 0 Å². The third-order valence-electron chi connectivity index (χ3n) is 3.55. The number of ether oxygens (including phenoxy) is 1. The third-order valence-corrected chi connectivity index (χ3v) is 3.80. The Balaban J connectivity index is 0.00000147. The van der Waals surface area contributed by atoms with Crippen molar-refractivity contribution in [3.8, 4) is 0 Å². The Morgan fingerprint density at radius 2 is 1.65 bits per heavy atom. The average molecular weight is 310 g/mol. The van der Waals surface area contributed by atoms with Crippen molar-refractivity contribution in [2.45, 2.75) is 12.2 Å². The standard InChI is InChI=1S/C16H16ClNO.ClH/c17-15-8-6-14(7-9-15)16(11-18-12-16)19-10-13-4-2-1-3-5-13;/h1-9,18H,10-12H2;1H. The molecule has 0 aromatic heterocycles. The van der Waals surface area contributed by atoms with Crippen LogP contribution in [0.2, 0.25) is 5.02 Å². The van der Waals surface area contributed by atoms with E-state index in [4.69, 9.17) is 16.3 Å². The van der Waals surface area contributed by atoms with Gasteiger partial charge in [0.15, 0.2) is 0 Å². The Labute approximate surface area is 130 Å². The lowest BCUT2D eigenvalue weighted by atomic mass is 9.88. The van der Waals surface area contributed by atoms with E-state index in [9.17, 15) is 0 Å². The first-order valence-corrected chi connectivity index (χ1v) is 6.81. The van der Waals surface area contributed by atoms with Crippen LogP contribution in [-0.4, -0.2) is 13.1 Å². The fourth-order valence-electron chi connectivity index (χ4n) is 2.29. The summed E-state index contributed by atoms with van der Waals surface area (Å²) in [6.45, 7) is 2.33. The summed E-state index contributed by atoms with van der Waals surface area (Å²) in [5.41, 5.74) is 2.18. The molecule has 2 aromatic rings. The molecule has 0 saturated carbocycles. The molecular formula is C16H17Cl2NO. The van der Waals surface area contributed by atoms with Gasteiger partial charge >= 0.3 is 0 Å². The van der Waals surface area contributed by atoms with Crippen LogP contribution >= 0.6 is 24.0 Å². The maximum Gasteiger partial charge on any atom is 0.118 e. The molecule has 0 atom stereocenters. The molecule has 2 aromatic carbocycles. The number of rotatable bonds is 4. The Bertz CT molecular complexity index is 538. The molecule has 0 bridgehead atoms. The molecule has 0 radical (unpaired) electrons. The minimum Gasteiger partial charge on any atom is -0.363 e. The molecule has 20 heavy (non-hydrogen) atoms. The largest absolute Gasteiger partial charge is 0.363 e. The van der Waals surface area contributed by atoms with E-state index >= 15 is 0 Å². The van der Waals surface area contributed by atoms with Crippen LogP contribution in [0.1, 0.15) is 11.1 Å². The van der Waals surface area contributed by atoms with Crippen molar-refractivity contribution in [3.63, 3.8) is 0 Å². The number of nitrogens with one attached hydrogen (secondary N) is 1. The summed E-state index contributed by atoms with van der Waals surface area (Å²) in [5, 5.41) is 4.05. The SMILES string of the molecule is Cl.Clc1ccc(C2(OCc3ccccc3)CNC2)cc1. The van der Waals surface area contributed by atoms with Crippen LogP contribution in [0.3, 0.4) is 0 Å². The van der Waals surface area contributed by atoms with Crippen molar-refractivity contribution in [3.05, 3.63) is 70.7 Å². The number of benzene rings is 2. The highest BCUT2D eigenvalue weighted by atomic mass is 35.5. The highest BCUT2D eigenvalue weighted by Gasteiger charge is 2.39. The summed E-state index contributed by atoms with van der Waals surface area (Å²) in [6.07, 6.45) is 0. The van der Waals surface area contributed by atoms with Gasteiger partial charge in [0.2, 0.25) is 0 Å². The molecule has 0 unspecified atom stereocenters. The van der Waals surface area contributed by atoms with Crippen molar-refractivity contribution < 1.29 is 4.74 Å². The van der Waals surface area contributed by atoms with Gasteiger partial charge in [-0.1, -0.05) is 54.1 Å². The molecular weight excluding hydrogens is 293 g/mol. The van der Waals surface area contributed by atoms with E-state index in [2.05, 4.69) is 17.4 Å². The normalized spacial score (nSPS) is 16.1. The lowest BCUT2D eigenvalue weighted by Crippen LogP contribution is -2.58. The second kappa shape index (κ2) is 6.59. The Morgan fingerprint density at radius 1 is 1.00 bits per heavy atom. The summed E-state index contributed by atoms with van der Waals surface area (Å²) in [7, 11) is 0. The Hall–Kier alpha value is -1.06. The zero-order valence-electron chi connectivity index (χ0n) is 11.0. The first kappa shape index (κ1) is 15.3. The van der Waals surface area contributed by atoms with Crippen molar-refractivity contribution in [2.24, 2.45) is 0 Å².